The number of imide groups is 1. The minimum atomic E-state index is -1.11. The van der Waals surface area contributed by atoms with Crippen LogP contribution in [0.15, 0.2) is 18.2 Å². The summed E-state index contributed by atoms with van der Waals surface area (Å²) in [6.45, 7) is 4.34. The third kappa shape index (κ3) is 3.96. The summed E-state index contributed by atoms with van der Waals surface area (Å²) in [7, 11) is 0. The number of nitrogens with one attached hydrogen (secondary N) is 2. The average molecular weight is 408 g/mol. The van der Waals surface area contributed by atoms with E-state index >= 15 is 0 Å². The number of hydrogen-bond acceptors (Lipinski definition) is 5. The summed E-state index contributed by atoms with van der Waals surface area (Å²) < 4.78 is 5.10. The summed E-state index contributed by atoms with van der Waals surface area (Å²) in [5.41, 5.74) is 0.342. The SMILES string of the molecule is Cc1ccc(Cl)cc1NC(=O)[C@@H](C)OC(=O)CN1C(=O)N[C@](C)(C2CC2)C1=O. The predicted octanol–water partition coefficient (Wildman–Crippen LogP) is 2.24. The lowest BCUT2D eigenvalue weighted by Crippen LogP contribution is -2.46. The van der Waals surface area contributed by atoms with Crippen LogP contribution in [0.3, 0.4) is 0 Å². The largest absolute Gasteiger partial charge is 0.451 e. The molecular weight excluding hydrogens is 386 g/mol. The molecule has 2 fully saturated rings. The van der Waals surface area contributed by atoms with E-state index in [0.29, 0.717) is 10.7 Å². The van der Waals surface area contributed by atoms with Gasteiger partial charge in [0.1, 0.15) is 12.1 Å². The molecule has 8 nitrogen and oxygen atoms in total. The number of urea groups is 1. The lowest BCUT2D eigenvalue weighted by molar-refractivity contribution is -0.155. The highest BCUT2D eigenvalue weighted by Gasteiger charge is 2.56. The van der Waals surface area contributed by atoms with Gasteiger partial charge >= 0.3 is 12.0 Å². The Kier molecular flexibility index (Phi) is 5.34. The van der Waals surface area contributed by atoms with E-state index in [1.165, 1.54) is 6.92 Å². The summed E-state index contributed by atoms with van der Waals surface area (Å²) >= 11 is 5.92. The summed E-state index contributed by atoms with van der Waals surface area (Å²) in [6.07, 6.45) is 0.614. The highest BCUT2D eigenvalue weighted by molar-refractivity contribution is 6.31. The lowest BCUT2D eigenvalue weighted by Gasteiger charge is -2.21. The van der Waals surface area contributed by atoms with Crippen molar-refractivity contribution >= 4 is 41.1 Å². The fraction of sp³-hybridized carbons (Fsp3) is 0.474. The average Bonchev–Trinajstić information content (AvgIpc) is 3.44. The van der Waals surface area contributed by atoms with Gasteiger partial charge in [-0.2, -0.15) is 0 Å². The molecular formula is C19H22ClN3O5. The van der Waals surface area contributed by atoms with Crippen molar-refractivity contribution in [3.8, 4) is 0 Å². The Labute approximate surface area is 167 Å². The quantitative estimate of drug-likeness (QED) is 0.555. The maximum absolute atomic E-state index is 12.5. The number of anilines is 1. The lowest BCUT2D eigenvalue weighted by atomic mass is 9.96. The molecule has 3 rings (SSSR count). The van der Waals surface area contributed by atoms with Crippen LogP contribution in [0.2, 0.25) is 5.02 Å². The molecule has 0 spiro atoms. The van der Waals surface area contributed by atoms with E-state index in [1.54, 1.807) is 32.0 Å². The molecule has 0 radical (unpaired) electrons. The molecule has 150 valence electrons. The number of carbonyl (C=O) groups is 4. The Morgan fingerprint density at radius 1 is 1.39 bits per heavy atom. The molecule has 4 amide bonds. The standard InChI is InChI=1S/C19H22ClN3O5/c1-10-4-7-13(20)8-14(10)21-16(25)11(2)28-15(24)9-23-17(26)19(3,12-5-6-12)22-18(23)27/h4,7-8,11-12H,5-6,9H2,1-3H3,(H,21,25)(H,22,27)/t11-,19-/m1/s1. The number of hydrogen-bond donors (Lipinski definition) is 2. The van der Waals surface area contributed by atoms with Crippen LogP contribution in [-0.4, -0.2) is 46.9 Å². The smallest absolute Gasteiger partial charge is 0.327 e. The molecule has 0 aromatic heterocycles. The molecule has 1 saturated carbocycles. The third-order valence-corrected chi connectivity index (χ3v) is 5.35. The summed E-state index contributed by atoms with van der Waals surface area (Å²) in [6, 6.07) is 4.42. The zero-order valence-electron chi connectivity index (χ0n) is 15.9. The van der Waals surface area contributed by atoms with Crippen molar-refractivity contribution in [2.24, 2.45) is 5.92 Å². The molecule has 2 N–H and O–H groups in total. The van der Waals surface area contributed by atoms with Crippen molar-refractivity contribution in [3.05, 3.63) is 28.8 Å². The van der Waals surface area contributed by atoms with E-state index in [0.717, 1.165) is 23.3 Å². The second-order valence-electron chi connectivity index (χ2n) is 7.38. The molecule has 1 aromatic rings. The molecule has 28 heavy (non-hydrogen) atoms. The number of ether oxygens (including phenoxy) is 1. The third-order valence-electron chi connectivity index (χ3n) is 5.12. The molecule has 0 bridgehead atoms. The molecule has 9 heteroatoms. The molecule has 0 unspecified atom stereocenters. The Bertz CT molecular complexity index is 854. The van der Waals surface area contributed by atoms with E-state index in [4.69, 9.17) is 16.3 Å². The number of benzene rings is 1. The Morgan fingerprint density at radius 2 is 2.07 bits per heavy atom. The van der Waals surface area contributed by atoms with Crippen molar-refractivity contribution < 1.29 is 23.9 Å². The van der Waals surface area contributed by atoms with Crippen LogP contribution >= 0.6 is 11.6 Å². The van der Waals surface area contributed by atoms with Crippen LogP contribution in [0.1, 0.15) is 32.3 Å². The minimum Gasteiger partial charge on any atom is -0.451 e. The first-order chi connectivity index (χ1) is 13.1. The van der Waals surface area contributed by atoms with Gasteiger partial charge in [0, 0.05) is 10.7 Å². The summed E-state index contributed by atoms with van der Waals surface area (Å²) in [5, 5.41) is 5.76. The van der Waals surface area contributed by atoms with Crippen LogP contribution in [0, 0.1) is 12.8 Å². The Balaban J connectivity index is 1.57. The predicted molar refractivity (Wildman–Crippen MR) is 102 cm³/mol. The fourth-order valence-corrected chi connectivity index (χ4v) is 3.35. The molecule has 2 atom stereocenters. The number of carbonyl (C=O) groups excluding carboxylic acids is 4. The van der Waals surface area contributed by atoms with Gasteiger partial charge in [-0.1, -0.05) is 17.7 Å². The second kappa shape index (κ2) is 7.43. The van der Waals surface area contributed by atoms with Gasteiger partial charge < -0.3 is 15.4 Å². The van der Waals surface area contributed by atoms with Crippen molar-refractivity contribution in [3.63, 3.8) is 0 Å². The van der Waals surface area contributed by atoms with Crippen LogP contribution < -0.4 is 10.6 Å². The first kappa shape index (κ1) is 20.1. The molecule has 2 aliphatic rings. The zero-order valence-corrected chi connectivity index (χ0v) is 16.6. The fourth-order valence-electron chi connectivity index (χ4n) is 3.18. The van der Waals surface area contributed by atoms with Gasteiger partial charge in [-0.3, -0.25) is 19.3 Å². The van der Waals surface area contributed by atoms with Crippen LogP contribution in [-0.2, 0) is 19.1 Å². The molecule has 1 saturated heterocycles. The number of rotatable bonds is 6. The Morgan fingerprint density at radius 3 is 2.71 bits per heavy atom. The number of esters is 1. The van der Waals surface area contributed by atoms with E-state index in [-0.39, 0.29) is 5.92 Å². The number of amides is 4. The number of nitrogens with zero attached hydrogens (tertiary/aromatic N) is 1. The van der Waals surface area contributed by atoms with E-state index in [1.807, 2.05) is 0 Å². The van der Waals surface area contributed by atoms with Gasteiger partial charge in [0.2, 0.25) is 0 Å². The maximum atomic E-state index is 12.5. The minimum absolute atomic E-state index is 0.0932. The van der Waals surface area contributed by atoms with Crippen molar-refractivity contribution in [2.45, 2.75) is 45.3 Å². The highest BCUT2D eigenvalue weighted by Crippen LogP contribution is 2.42. The van der Waals surface area contributed by atoms with Gasteiger partial charge in [-0.25, -0.2) is 4.79 Å². The number of aryl methyl sites for hydroxylation is 1. The van der Waals surface area contributed by atoms with Crippen LogP contribution in [0.4, 0.5) is 10.5 Å². The van der Waals surface area contributed by atoms with E-state index in [9.17, 15) is 19.2 Å². The van der Waals surface area contributed by atoms with Crippen molar-refractivity contribution in [2.75, 3.05) is 11.9 Å². The topological polar surface area (TPSA) is 105 Å². The normalized spacial score (nSPS) is 22.6. The first-order valence-corrected chi connectivity index (χ1v) is 9.40. The van der Waals surface area contributed by atoms with Gasteiger partial charge in [0.15, 0.2) is 6.10 Å². The molecule has 1 aromatic carbocycles. The highest BCUT2D eigenvalue weighted by atomic mass is 35.5. The monoisotopic (exact) mass is 407 g/mol. The number of halogens is 1. The maximum Gasteiger partial charge on any atom is 0.327 e. The van der Waals surface area contributed by atoms with Gasteiger partial charge in [-0.15, -0.1) is 0 Å². The molecule has 1 heterocycles. The van der Waals surface area contributed by atoms with Crippen LogP contribution in [0.5, 0.6) is 0 Å². The van der Waals surface area contributed by atoms with Gasteiger partial charge in [0.05, 0.1) is 0 Å². The molecule has 1 aliphatic heterocycles. The summed E-state index contributed by atoms with van der Waals surface area (Å²) in [5.74, 6) is -1.73. The molecule has 1 aliphatic carbocycles. The summed E-state index contributed by atoms with van der Waals surface area (Å²) in [4.78, 5) is 49.9. The Hall–Kier alpha value is -2.61. The van der Waals surface area contributed by atoms with Gasteiger partial charge in [0.25, 0.3) is 11.8 Å². The van der Waals surface area contributed by atoms with Crippen molar-refractivity contribution in [1.29, 1.82) is 0 Å². The van der Waals surface area contributed by atoms with Crippen molar-refractivity contribution in [1.82, 2.24) is 10.2 Å². The zero-order chi connectivity index (χ0) is 20.6. The van der Waals surface area contributed by atoms with Gasteiger partial charge in [-0.05, 0) is 57.2 Å². The van der Waals surface area contributed by atoms with E-state index in [2.05, 4.69) is 10.6 Å². The van der Waals surface area contributed by atoms with Crippen LogP contribution in [0.25, 0.3) is 0 Å². The van der Waals surface area contributed by atoms with E-state index < -0.39 is 42.0 Å². The second-order valence-corrected chi connectivity index (χ2v) is 7.82. The first-order valence-electron chi connectivity index (χ1n) is 9.02.